The second-order valence-electron chi connectivity index (χ2n) is 9.10. The number of piperidine rings is 3. The van der Waals surface area contributed by atoms with Crippen LogP contribution in [0.25, 0.3) is 11.5 Å². The summed E-state index contributed by atoms with van der Waals surface area (Å²) in [6.07, 6.45) is 3.24. The molecule has 3 saturated heterocycles. The van der Waals surface area contributed by atoms with Gasteiger partial charge in [0.05, 0.1) is 6.26 Å². The van der Waals surface area contributed by atoms with Crippen molar-refractivity contribution in [2.24, 2.45) is 5.92 Å². The Morgan fingerprint density at radius 2 is 2.03 bits per heavy atom. The van der Waals surface area contributed by atoms with Gasteiger partial charge in [-0.2, -0.15) is 0 Å². The lowest BCUT2D eigenvalue weighted by atomic mass is 9.74. The Bertz CT molecular complexity index is 1180. The maximum absolute atomic E-state index is 12.3. The predicted molar refractivity (Wildman–Crippen MR) is 127 cm³/mol. The number of nitrogens with one attached hydrogen (secondary N) is 1. The van der Waals surface area contributed by atoms with E-state index in [9.17, 15) is 9.59 Å². The van der Waals surface area contributed by atoms with Crippen molar-refractivity contribution >= 4 is 17.6 Å². The van der Waals surface area contributed by atoms with Crippen LogP contribution in [-0.4, -0.2) is 52.5 Å². The minimum atomic E-state index is -0.482. The van der Waals surface area contributed by atoms with Gasteiger partial charge in [-0.15, -0.1) is 0 Å². The molecule has 176 valence electrons. The highest BCUT2D eigenvalue weighted by atomic mass is 16.5. The molecule has 3 fully saturated rings. The molecule has 0 spiro atoms. The molecule has 1 amide bonds. The minimum absolute atomic E-state index is 0.0110. The van der Waals surface area contributed by atoms with Crippen LogP contribution in [0.4, 0.5) is 10.5 Å². The fourth-order valence-corrected chi connectivity index (χ4v) is 5.09. The summed E-state index contributed by atoms with van der Waals surface area (Å²) in [5, 5.41) is 2.74. The maximum Gasteiger partial charge on any atom is 0.411 e. The fraction of sp³-hybridized carbons (Fsp3) is 0.385. The molecule has 8 nitrogen and oxygen atoms in total. The number of carbonyl (C=O) groups excluding carboxylic acids is 2. The van der Waals surface area contributed by atoms with Crippen LogP contribution in [-0.2, 0) is 4.74 Å². The van der Waals surface area contributed by atoms with Gasteiger partial charge in [0.15, 0.2) is 11.5 Å². The maximum atomic E-state index is 12.3. The van der Waals surface area contributed by atoms with Crippen molar-refractivity contribution in [2.45, 2.75) is 38.6 Å². The van der Waals surface area contributed by atoms with Crippen molar-refractivity contribution in [3.8, 4) is 11.5 Å². The van der Waals surface area contributed by atoms with Gasteiger partial charge < -0.3 is 9.15 Å². The second-order valence-corrected chi connectivity index (χ2v) is 9.10. The predicted octanol–water partition coefficient (Wildman–Crippen LogP) is 4.67. The van der Waals surface area contributed by atoms with Crippen molar-refractivity contribution in [3.05, 3.63) is 65.8 Å². The first kappa shape index (κ1) is 22.3. The van der Waals surface area contributed by atoms with Crippen LogP contribution < -0.4 is 5.32 Å². The highest BCUT2D eigenvalue weighted by Crippen LogP contribution is 2.42. The van der Waals surface area contributed by atoms with Crippen molar-refractivity contribution in [1.82, 2.24) is 14.9 Å². The first-order chi connectivity index (χ1) is 16.5. The number of rotatable bonds is 6. The molecular weight excluding hydrogens is 432 g/mol. The number of aromatic nitrogens is 2. The zero-order valence-electron chi connectivity index (χ0n) is 19.4. The van der Waals surface area contributed by atoms with E-state index in [0.717, 1.165) is 48.9 Å². The summed E-state index contributed by atoms with van der Waals surface area (Å²) in [6.45, 7) is 5.67. The average molecular weight is 461 g/mol. The van der Waals surface area contributed by atoms with Gasteiger partial charge in [-0.25, -0.2) is 14.8 Å². The minimum Gasteiger partial charge on any atom is -0.463 e. The van der Waals surface area contributed by atoms with E-state index >= 15 is 0 Å². The molecule has 0 saturated carbocycles. The highest BCUT2D eigenvalue weighted by molar-refractivity contribution is 5.94. The van der Waals surface area contributed by atoms with Crippen LogP contribution in [0.5, 0.6) is 0 Å². The molecule has 3 aliphatic rings. The van der Waals surface area contributed by atoms with Gasteiger partial charge in [-0.1, -0.05) is 0 Å². The molecule has 1 aromatic carbocycles. The molecule has 0 aliphatic carbocycles. The second kappa shape index (κ2) is 9.38. The zero-order chi connectivity index (χ0) is 23.7. The van der Waals surface area contributed by atoms with Gasteiger partial charge in [-0.05, 0) is 81.6 Å². The van der Waals surface area contributed by atoms with Gasteiger partial charge in [0.1, 0.15) is 18.1 Å². The first-order valence-electron chi connectivity index (χ1n) is 11.6. The van der Waals surface area contributed by atoms with Gasteiger partial charge in [0.25, 0.3) is 0 Å². The number of carbonyl (C=O) groups is 2. The molecule has 1 unspecified atom stereocenters. The van der Waals surface area contributed by atoms with Gasteiger partial charge in [0, 0.05) is 35.4 Å². The number of aryl methyl sites for hydroxylation is 1. The van der Waals surface area contributed by atoms with Crippen molar-refractivity contribution < 1.29 is 18.7 Å². The number of nitrogens with zero attached hydrogens (tertiary/aromatic N) is 3. The number of hydrogen-bond donors (Lipinski definition) is 1. The van der Waals surface area contributed by atoms with Crippen LogP contribution in [0.1, 0.15) is 47.6 Å². The Morgan fingerprint density at radius 1 is 1.21 bits per heavy atom. The molecular formula is C26H28N4O4. The lowest BCUT2D eigenvalue weighted by Gasteiger charge is -2.49. The summed E-state index contributed by atoms with van der Waals surface area (Å²) < 4.78 is 11.1. The molecule has 6 rings (SSSR count). The van der Waals surface area contributed by atoms with E-state index < -0.39 is 6.09 Å². The third-order valence-electron chi connectivity index (χ3n) is 6.83. The molecule has 3 aliphatic heterocycles. The molecule has 3 aromatic rings. The monoisotopic (exact) mass is 460 g/mol. The van der Waals surface area contributed by atoms with E-state index in [-0.39, 0.29) is 11.8 Å². The van der Waals surface area contributed by atoms with Crippen molar-refractivity contribution in [3.63, 3.8) is 0 Å². The average Bonchev–Trinajstić information content (AvgIpc) is 3.38. The van der Waals surface area contributed by atoms with Crippen molar-refractivity contribution in [2.75, 3.05) is 25.0 Å². The molecule has 5 heterocycles. The van der Waals surface area contributed by atoms with Crippen LogP contribution >= 0.6 is 0 Å². The topological polar surface area (TPSA) is 97.6 Å². The Labute approximate surface area is 198 Å². The van der Waals surface area contributed by atoms with Crippen LogP contribution in [0, 0.1) is 12.8 Å². The standard InChI is InChI=1S/C26H28N4O4/c1-16(31)18-5-7-20(8-6-18)29-26(32)34-15-21-12-19-9-10-30(21)14-22(19)23-13-24(28-17(2)27-23)25-4-3-11-33-25/h3-8,11,13,19,21-22H,9-10,12,14-15H2,1-2H3,(H,29,32)/t19-,21+,22-/m0/s1. The van der Waals surface area contributed by atoms with E-state index in [4.69, 9.17) is 14.1 Å². The molecule has 4 atom stereocenters. The molecule has 1 N–H and O–H groups in total. The number of benzene rings is 1. The summed E-state index contributed by atoms with van der Waals surface area (Å²) in [4.78, 5) is 35.4. The SMILES string of the molecule is CC(=O)c1ccc(NC(=O)OC[C@H]2C[C@@H]3CCN2C[C@@H]3c2cc(-c3ccco3)nc(C)n2)cc1. The molecule has 8 heteroatoms. The van der Waals surface area contributed by atoms with Gasteiger partial charge >= 0.3 is 6.09 Å². The zero-order valence-corrected chi connectivity index (χ0v) is 19.4. The van der Waals surface area contributed by atoms with E-state index in [1.54, 1.807) is 30.5 Å². The Kier molecular flexibility index (Phi) is 6.15. The first-order valence-corrected chi connectivity index (χ1v) is 11.6. The molecule has 0 radical (unpaired) electrons. The quantitative estimate of drug-likeness (QED) is 0.534. The van der Waals surface area contributed by atoms with Crippen LogP contribution in [0.15, 0.2) is 53.1 Å². The van der Waals surface area contributed by atoms with Crippen molar-refractivity contribution in [1.29, 1.82) is 0 Å². The summed E-state index contributed by atoms with van der Waals surface area (Å²) in [7, 11) is 0. The summed E-state index contributed by atoms with van der Waals surface area (Å²) in [6, 6.07) is 12.8. The molecule has 2 aromatic heterocycles. The molecule has 2 bridgehead atoms. The van der Waals surface area contributed by atoms with Gasteiger partial charge in [0.2, 0.25) is 0 Å². The summed E-state index contributed by atoms with van der Waals surface area (Å²) in [5.41, 5.74) is 3.08. The molecule has 34 heavy (non-hydrogen) atoms. The summed E-state index contributed by atoms with van der Waals surface area (Å²) >= 11 is 0. The van der Waals surface area contributed by atoms with E-state index in [1.165, 1.54) is 6.92 Å². The lowest BCUT2D eigenvalue weighted by molar-refractivity contribution is -0.00151. The van der Waals surface area contributed by atoms with Gasteiger partial charge in [-0.3, -0.25) is 15.0 Å². The normalized spacial score (nSPS) is 23.5. The van der Waals surface area contributed by atoms with Crippen LogP contribution in [0.3, 0.4) is 0 Å². The lowest BCUT2D eigenvalue weighted by Crippen LogP contribution is -2.54. The Hall–Kier alpha value is -3.52. The Balaban J connectivity index is 1.19. The number of hydrogen-bond acceptors (Lipinski definition) is 7. The number of ketones is 1. The number of amides is 1. The largest absolute Gasteiger partial charge is 0.463 e. The number of furan rings is 1. The fourth-order valence-electron chi connectivity index (χ4n) is 5.09. The number of fused-ring (bicyclic) bond motifs is 3. The van der Waals surface area contributed by atoms with E-state index in [2.05, 4.69) is 21.3 Å². The number of ether oxygens (including phenoxy) is 1. The highest BCUT2D eigenvalue weighted by Gasteiger charge is 2.42. The Morgan fingerprint density at radius 3 is 2.71 bits per heavy atom. The number of anilines is 1. The third kappa shape index (κ3) is 4.72. The third-order valence-corrected chi connectivity index (χ3v) is 6.83. The smallest absolute Gasteiger partial charge is 0.411 e. The van der Waals surface area contributed by atoms with E-state index in [1.807, 2.05) is 19.1 Å². The van der Waals surface area contributed by atoms with E-state index in [0.29, 0.717) is 29.7 Å². The number of Topliss-reactive ketones (excluding diaryl/α,β-unsaturated/α-hetero) is 1. The van der Waals surface area contributed by atoms with Crippen LogP contribution in [0.2, 0.25) is 0 Å². The summed E-state index contributed by atoms with van der Waals surface area (Å²) in [5.74, 6) is 2.30.